The number of pyridine rings is 1. The molecule has 0 aliphatic heterocycles. The van der Waals surface area contributed by atoms with Crippen LogP contribution in [0.3, 0.4) is 0 Å². The summed E-state index contributed by atoms with van der Waals surface area (Å²) in [5.41, 5.74) is 0.441. The van der Waals surface area contributed by atoms with Crippen molar-refractivity contribution in [2.75, 3.05) is 26.0 Å². The second-order valence-corrected chi connectivity index (χ2v) is 5.30. The minimum Gasteiger partial charge on any atom is -0.386 e. The molecule has 0 radical (unpaired) electrons. The molecule has 1 aromatic heterocycles. The van der Waals surface area contributed by atoms with Crippen LogP contribution in [0, 0.1) is 11.3 Å². The molecule has 0 aromatic carbocycles. The molecule has 0 bridgehead atoms. The summed E-state index contributed by atoms with van der Waals surface area (Å²) in [5, 5.41) is 11.2. The number of hydrogen-bond donors (Lipinski definition) is 1. The van der Waals surface area contributed by atoms with Crippen LogP contribution in [-0.2, 0) is 10.0 Å². The third-order valence-corrected chi connectivity index (χ3v) is 4.05. The maximum atomic E-state index is 12.1. The first-order chi connectivity index (χ1) is 8.04. The van der Waals surface area contributed by atoms with Crippen molar-refractivity contribution in [3.63, 3.8) is 0 Å². The summed E-state index contributed by atoms with van der Waals surface area (Å²) in [7, 11) is -0.584. The van der Waals surface area contributed by atoms with Crippen molar-refractivity contribution < 1.29 is 8.42 Å². The zero-order valence-corrected chi connectivity index (χ0v) is 10.5. The number of hydrogen-bond acceptors (Lipinski definition) is 5. The lowest BCUT2D eigenvalue weighted by Gasteiger charge is -2.16. The number of nitrogens with zero attached hydrogens (tertiary/aromatic N) is 3. The van der Waals surface area contributed by atoms with Crippen molar-refractivity contribution in [2.45, 2.75) is 11.4 Å². The van der Waals surface area contributed by atoms with E-state index in [2.05, 4.69) is 10.3 Å². The van der Waals surface area contributed by atoms with Gasteiger partial charge in [-0.2, -0.15) is 9.57 Å². The molecule has 92 valence electrons. The van der Waals surface area contributed by atoms with Gasteiger partial charge in [-0.1, -0.05) is 0 Å². The summed E-state index contributed by atoms with van der Waals surface area (Å²) < 4.78 is 25.4. The van der Waals surface area contributed by atoms with Crippen LogP contribution in [0.1, 0.15) is 6.42 Å². The van der Waals surface area contributed by atoms with Crippen molar-refractivity contribution in [3.8, 4) is 6.07 Å². The molecular formula is C10H14N4O2S. The number of nitrogens with one attached hydrogen (secondary N) is 1. The monoisotopic (exact) mass is 254 g/mol. The lowest BCUT2D eigenvalue weighted by Crippen LogP contribution is -2.29. The molecule has 0 saturated carbocycles. The van der Waals surface area contributed by atoms with Crippen LogP contribution in [0.2, 0.25) is 0 Å². The predicted molar refractivity (Wildman–Crippen MR) is 63.8 cm³/mol. The van der Waals surface area contributed by atoms with Crippen LogP contribution in [0.25, 0.3) is 0 Å². The molecular weight excluding hydrogens is 240 g/mol. The average molecular weight is 254 g/mol. The summed E-state index contributed by atoms with van der Waals surface area (Å²) in [6.45, 7) is 0.151. The van der Waals surface area contributed by atoms with Gasteiger partial charge in [0.15, 0.2) is 5.03 Å². The van der Waals surface area contributed by atoms with Crippen molar-refractivity contribution in [1.82, 2.24) is 9.29 Å². The fraction of sp³-hybridized carbons (Fsp3) is 0.400. The molecule has 0 aliphatic rings. The Bertz CT molecular complexity index is 521. The van der Waals surface area contributed by atoms with Crippen LogP contribution in [0.4, 0.5) is 5.69 Å². The van der Waals surface area contributed by atoms with E-state index in [1.165, 1.54) is 13.2 Å². The second kappa shape index (κ2) is 5.61. The van der Waals surface area contributed by atoms with Gasteiger partial charge in [-0.15, -0.1) is 0 Å². The topological polar surface area (TPSA) is 86.1 Å². The zero-order chi connectivity index (χ0) is 12.9. The Morgan fingerprint density at radius 3 is 2.88 bits per heavy atom. The van der Waals surface area contributed by atoms with Gasteiger partial charge in [-0.05, 0) is 12.1 Å². The number of rotatable bonds is 5. The van der Waals surface area contributed by atoms with Gasteiger partial charge < -0.3 is 5.32 Å². The number of nitriles is 1. The van der Waals surface area contributed by atoms with Gasteiger partial charge >= 0.3 is 0 Å². The van der Waals surface area contributed by atoms with E-state index >= 15 is 0 Å². The van der Waals surface area contributed by atoms with Crippen molar-refractivity contribution in [2.24, 2.45) is 0 Å². The number of aromatic nitrogens is 1. The summed E-state index contributed by atoms with van der Waals surface area (Å²) in [6.07, 6.45) is 1.57. The van der Waals surface area contributed by atoms with Crippen molar-refractivity contribution >= 4 is 15.7 Å². The van der Waals surface area contributed by atoms with Crippen LogP contribution in [-0.4, -0.2) is 38.3 Å². The van der Waals surface area contributed by atoms with Gasteiger partial charge in [0.25, 0.3) is 10.0 Å². The normalized spacial score (nSPS) is 11.2. The van der Waals surface area contributed by atoms with E-state index < -0.39 is 10.0 Å². The number of anilines is 1. The highest BCUT2D eigenvalue weighted by molar-refractivity contribution is 7.89. The van der Waals surface area contributed by atoms with E-state index in [4.69, 9.17) is 5.26 Å². The zero-order valence-electron chi connectivity index (χ0n) is 9.71. The van der Waals surface area contributed by atoms with Crippen molar-refractivity contribution in [3.05, 3.63) is 18.3 Å². The third kappa shape index (κ3) is 2.93. The molecule has 0 aliphatic carbocycles. The predicted octanol–water partition coefficient (Wildman–Crippen LogP) is 0.657. The van der Waals surface area contributed by atoms with E-state index in [0.29, 0.717) is 5.69 Å². The van der Waals surface area contributed by atoms with Gasteiger partial charge in [0.2, 0.25) is 0 Å². The Kier molecular flexibility index (Phi) is 4.43. The lowest BCUT2D eigenvalue weighted by molar-refractivity contribution is 0.474. The molecule has 0 amide bonds. The molecule has 0 saturated heterocycles. The molecule has 17 heavy (non-hydrogen) atoms. The Hall–Kier alpha value is -1.65. The largest absolute Gasteiger partial charge is 0.386 e. The van der Waals surface area contributed by atoms with E-state index in [0.717, 1.165) is 4.31 Å². The molecule has 0 unspecified atom stereocenters. The standard InChI is InChI=1S/C10H14N4O2S/c1-12-9-5-3-7-13-10(9)17(15,16)14(2)8-4-6-11/h3,5,7,12H,4,8H2,1-2H3. The maximum absolute atomic E-state index is 12.1. The fourth-order valence-electron chi connectivity index (χ4n) is 1.26. The molecule has 1 aromatic rings. The summed E-state index contributed by atoms with van der Waals surface area (Å²) in [6, 6.07) is 5.20. The molecule has 7 heteroatoms. The maximum Gasteiger partial charge on any atom is 0.262 e. The molecule has 1 N–H and O–H groups in total. The van der Waals surface area contributed by atoms with Crippen LogP contribution < -0.4 is 5.32 Å². The van der Waals surface area contributed by atoms with Gasteiger partial charge in [0, 0.05) is 33.3 Å². The number of sulfonamides is 1. The Morgan fingerprint density at radius 2 is 2.29 bits per heavy atom. The Balaban J connectivity index is 3.09. The molecule has 6 nitrogen and oxygen atoms in total. The summed E-state index contributed by atoms with van der Waals surface area (Å²) in [5.74, 6) is 0. The van der Waals surface area contributed by atoms with E-state index in [1.807, 2.05) is 6.07 Å². The second-order valence-electron chi connectivity index (χ2n) is 3.34. The smallest absolute Gasteiger partial charge is 0.262 e. The highest BCUT2D eigenvalue weighted by atomic mass is 32.2. The Morgan fingerprint density at radius 1 is 1.59 bits per heavy atom. The minimum absolute atomic E-state index is 0.0251. The van der Waals surface area contributed by atoms with Gasteiger partial charge in [0.1, 0.15) is 0 Å². The highest BCUT2D eigenvalue weighted by Crippen LogP contribution is 2.20. The fourth-order valence-corrected chi connectivity index (χ4v) is 2.53. The SMILES string of the molecule is CNc1cccnc1S(=O)(=O)N(C)CCC#N. The average Bonchev–Trinajstić information content (AvgIpc) is 2.35. The first-order valence-corrected chi connectivity index (χ1v) is 6.44. The molecule has 0 fully saturated rings. The lowest BCUT2D eigenvalue weighted by atomic mass is 10.4. The van der Waals surface area contributed by atoms with Crippen LogP contribution >= 0.6 is 0 Å². The van der Waals surface area contributed by atoms with E-state index in [-0.39, 0.29) is 18.0 Å². The van der Waals surface area contributed by atoms with E-state index in [1.54, 1.807) is 19.2 Å². The summed E-state index contributed by atoms with van der Waals surface area (Å²) >= 11 is 0. The van der Waals surface area contributed by atoms with Gasteiger partial charge in [0.05, 0.1) is 11.8 Å². The van der Waals surface area contributed by atoms with Crippen LogP contribution in [0.15, 0.2) is 23.4 Å². The summed E-state index contributed by atoms with van der Waals surface area (Å²) in [4.78, 5) is 3.88. The molecule has 1 heterocycles. The molecule has 0 atom stereocenters. The quantitative estimate of drug-likeness (QED) is 0.834. The van der Waals surface area contributed by atoms with Gasteiger partial charge in [-0.3, -0.25) is 0 Å². The van der Waals surface area contributed by atoms with Crippen LogP contribution in [0.5, 0.6) is 0 Å². The Labute approximate surface area is 101 Å². The molecule has 1 rings (SSSR count). The highest BCUT2D eigenvalue weighted by Gasteiger charge is 2.24. The van der Waals surface area contributed by atoms with Crippen molar-refractivity contribution in [1.29, 1.82) is 5.26 Å². The van der Waals surface area contributed by atoms with Gasteiger partial charge in [-0.25, -0.2) is 13.4 Å². The first-order valence-electron chi connectivity index (χ1n) is 5.00. The first kappa shape index (κ1) is 13.4. The minimum atomic E-state index is -3.65. The van der Waals surface area contributed by atoms with E-state index in [9.17, 15) is 8.42 Å². The third-order valence-electron chi connectivity index (χ3n) is 2.23. The molecule has 0 spiro atoms.